The fourth-order valence-electron chi connectivity index (χ4n) is 4.66. The highest BCUT2D eigenvalue weighted by atomic mass is 79.9. The maximum Gasteiger partial charge on any atom is 0.336 e. The minimum Gasteiger partial charge on any atom is -0.503 e. The van der Waals surface area contributed by atoms with Crippen molar-refractivity contribution >= 4 is 27.7 Å². The number of benzene rings is 2. The molecule has 2 aromatic carbocycles. The first-order valence-electron chi connectivity index (χ1n) is 10.3. The van der Waals surface area contributed by atoms with Gasteiger partial charge in [0.15, 0.2) is 11.5 Å². The molecule has 3 atom stereocenters. The molecular weight excluding hydrogens is 474 g/mol. The van der Waals surface area contributed by atoms with Gasteiger partial charge in [-0.25, -0.2) is 4.79 Å². The molecule has 1 heterocycles. The molecule has 4 rings (SSSR count). The van der Waals surface area contributed by atoms with Gasteiger partial charge in [0.05, 0.1) is 30.2 Å². The number of nitrogens with one attached hydrogen (secondary N) is 1. The number of phenols is 1. The van der Waals surface area contributed by atoms with Crippen molar-refractivity contribution in [2.75, 3.05) is 14.2 Å². The number of hydrogen-bond acceptors (Lipinski definition) is 6. The Morgan fingerprint density at radius 1 is 1.12 bits per heavy atom. The standard InChI is InChI=1S/C25H24BrNO5/c1-13-21(25(30)32-3)22(16-9-17(26)24(29)20(12-16)31-2)23-18(27-13)10-15(11-19(23)28)14-7-5-4-6-8-14/h4-10,12,15,22-23,27,29H,11H2,1-3H3. The number of ether oxygens (including phenoxy) is 2. The van der Waals surface area contributed by atoms with Crippen molar-refractivity contribution in [2.45, 2.75) is 25.2 Å². The monoisotopic (exact) mass is 497 g/mol. The average molecular weight is 498 g/mol. The van der Waals surface area contributed by atoms with Crippen LogP contribution in [0.3, 0.4) is 0 Å². The van der Waals surface area contributed by atoms with Crippen LogP contribution in [0.25, 0.3) is 0 Å². The van der Waals surface area contributed by atoms with E-state index in [9.17, 15) is 14.7 Å². The molecule has 2 aromatic rings. The smallest absolute Gasteiger partial charge is 0.336 e. The van der Waals surface area contributed by atoms with E-state index in [-0.39, 0.29) is 23.2 Å². The number of halogens is 1. The van der Waals surface area contributed by atoms with Gasteiger partial charge in [-0.3, -0.25) is 4.79 Å². The average Bonchev–Trinajstić information content (AvgIpc) is 2.79. The van der Waals surface area contributed by atoms with Gasteiger partial charge in [0.25, 0.3) is 0 Å². The zero-order valence-corrected chi connectivity index (χ0v) is 19.6. The second-order valence-electron chi connectivity index (χ2n) is 7.97. The summed E-state index contributed by atoms with van der Waals surface area (Å²) in [6.07, 6.45) is 2.42. The Bertz CT molecular complexity index is 1140. The number of esters is 1. The summed E-state index contributed by atoms with van der Waals surface area (Å²) in [4.78, 5) is 26.3. The molecule has 0 saturated heterocycles. The number of fused-ring (bicyclic) bond motifs is 1. The first-order valence-corrected chi connectivity index (χ1v) is 11.1. The number of carbonyl (C=O) groups excluding carboxylic acids is 2. The molecule has 1 aliphatic carbocycles. The highest BCUT2D eigenvalue weighted by molar-refractivity contribution is 9.10. The number of allylic oxidation sites excluding steroid dienone is 3. The minimum atomic E-state index is -0.579. The van der Waals surface area contributed by atoms with Crippen molar-refractivity contribution in [1.82, 2.24) is 5.32 Å². The van der Waals surface area contributed by atoms with Crippen molar-refractivity contribution < 1.29 is 24.2 Å². The topological polar surface area (TPSA) is 84.9 Å². The quantitative estimate of drug-likeness (QED) is 0.602. The number of carbonyl (C=O) groups is 2. The molecule has 7 heteroatoms. The number of methoxy groups -OCH3 is 2. The number of hydrogen-bond donors (Lipinski definition) is 2. The molecule has 0 amide bonds. The van der Waals surface area contributed by atoms with Gasteiger partial charge < -0.3 is 19.9 Å². The van der Waals surface area contributed by atoms with E-state index >= 15 is 0 Å². The van der Waals surface area contributed by atoms with Crippen LogP contribution in [0.4, 0.5) is 0 Å². The maximum absolute atomic E-state index is 13.5. The van der Waals surface area contributed by atoms with E-state index in [4.69, 9.17) is 9.47 Å². The lowest BCUT2D eigenvalue weighted by atomic mass is 9.68. The molecule has 0 aromatic heterocycles. The zero-order valence-electron chi connectivity index (χ0n) is 18.0. The van der Waals surface area contributed by atoms with Crippen molar-refractivity contribution in [1.29, 1.82) is 0 Å². The van der Waals surface area contributed by atoms with E-state index in [1.165, 1.54) is 14.2 Å². The number of aromatic hydroxyl groups is 1. The predicted molar refractivity (Wildman–Crippen MR) is 123 cm³/mol. The van der Waals surface area contributed by atoms with Gasteiger partial charge in [-0.2, -0.15) is 0 Å². The fourth-order valence-corrected chi connectivity index (χ4v) is 5.12. The second kappa shape index (κ2) is 8.82. The number of Topliss-reactive ketones (excluding diaryl/α,β-unsaturated/α-hetero) is 1. The summed E-state index contributed by atoms with van der Waals surface area (Å²) < 4.78 is 10.8. The van der Waals surface area contributed by atoms with E-state index in [1.54, 1.807) is 19.1 Å². The van der Waals surface area contributed by atoms with Crippen LogP contribution in [0.15, 0.2) is 70.0 Å². The molecule has 0 fully saturated rings. The van der Waals surface area contributed by atoms with Crippen molar-refractivity contribution in [3.63, 3.8) is 0 Å². The summed E-state index contributed by atoms with van der Waals surface area (Å²) in [7, 11) is 2.78. The maximum atomic E-state index is 13.5. The van der Waals surface area contributed by atoms with Gasteiger partial charge in [-0.05, 0) is 46.1 Å². The summed E-state index contributed by atoms with van der Waals surface area (Å²) in [6, 6.07) is 13.3. The number of phenolic OH excluding ortho intramolecular Hbond substituents is 1. The van der Waals surface area contributed by atoms with Crippen LogP contribution in [0.1, 0.15) is 36.3 Å². The van der Waals surface area contributed by atoms with E-state index in [0.717, 1.165) is 11.3 Å². The Kier molecular flexibility index (Phi) is 6.11. The summed E-state index contributed by atoms with van der Waals surface area (Å²) >= 11 is 3.36. The van der Waals surface area contributed by atoms with Gasteiger partial charge in [0, 0.05) is 29.7 Å². The Hall–Kier alpha value is -3.06. The molecule has 6 nitrogen and oxygen atoms in total. The lowest BCUT2D eigenvalue weighted by Gasteiger charge is -2.39. The van der Waals surface area contributed by atoms with Gasteiger partial charge in [-0.1, -0.05) is 36.4 Å². The van der Waals surface area contributed by atoms with E-state index in [0.29, 0.717) is 27.7 Å². The van der Waals surface area contributed by atoms with Crippen LogP contribution in [-0.4, -0.2) is 31.1 Å². The Balaban J connectivity index is 1.89. The Labute approximate surface area is 195 Å². The van der Waals surface area contributed by atoms with Crippen LogP contribution in [-0.2, 0) is 14.3 Å². The molecule has 3 unspecified atom stereocenters. The number of ketones is 1. The highest BCUT2D eigenvalue weighted by Gasteiger charge is 2.45. The molecule has 2 N–H and O–H groups in total. The summed E-state index contributed by atoms with van der Waals surface area (Å²) in [5.41, 5.74) is 3.54. The van der Waals surface area contributed by atoms with Crippen molar-refractivity contribution in [3.05, 3.63) is 81.1 Å². The number of rotatable bonds is 4. The lowest BCUT2D eigenvalue weighted by Crippen LogP contribution is -2.41. The minimum absolute atomic E-state index is 0.0333. The summed E-state index contributed by atoms with van der Waals surface area (Å²) in [5, 5.41) is 13.6. The molecule has 32 heavy (non-hydrogen) atoms. The molecule has 2 aliphatic rings. The third kappa shape index (κ3) is 3.81. The summed E-state index contributed by atoms with van der Waals surface area (Å²) in [5.74, 6) is -1.45. The molecule has 0 radical (unpaired) electrons. The second-order valence-corrected chi connectivity index (χ2v) is 8.83. The molecule has 0 spiro atoms. The molecule has 1 aliphatic heterocycles. The van der Waals surface area contributed by atoms with Gasteiger partial charge in [0.1, 0.15) is 5.78 Å². The van der Waals surface area contributed by atoms with Crippen LogP contribution in [0, 0.1) is 5.92 Å². The summed E-state index contributed by atoms with van der Waals surface area (Å²) in [6.45, 7) is 1.81. The molecule has 166 valence electrons. The first-order chi connectivity index (χ1) is 15.3. The van der Waals surface area contributed by atoms with Crippen LogP contribution in [0.5, 0.6) is 11.5 Å². The highest BCUT2D eigenvalue weighted by Crippen LogP contribution is 2.48. The predicted octanol–water partition coefficient (Wildman–Crippen LogP) is 4.55. The normalized spacial score (nSPS) is 22.6. The third-order valence-corrected chi connectivity index (χ3v) is 6.73. The van der Waals surface area contributed by atoms with Crippen LogP contribution < -0.4 is 10.1 Å². The largest absolute Gasteiger partial charge is 0.503 e. The van der Waals surface area contributed by atoms with Crippen LogP contribution >= 0.6 is 15.9 Å². The molecular formula is C25H24BrNO5. The van der Waals surface area contributed by atoms with E-state index < -0.39 is 17.8 Å². The van der Waals surface area contributed by atoms with Gasteiger partial charge in [0.2, 0.25) is 0 Å². The van der Waals surface area contributed by atoms with Crippen molar-refractivity contribution in [3.8, 4) is 11.5 Å². The Morgan fingerprint density at radius 3 is 2.50 bits per heavy atom. The van der Waals surface area contributed by atoms with Crippen molar-refractivity contribution in [2.24, 2.45) is 5.92 Å². The third-order valence-electron chi connectivity index (χ3n) is 6.13. The molecule has 0 saturated carbocycles. The van der Waals surface area contributed by atoms with Crippen LogP contribution in [0.2, 0.25) is 0 Å². The lowest BCUT2D eigenvalue weighted by molar-refractivity contribution is -0.136. The van der Waals surface area contributed by atoms with Gasteiger partial charge >= 0.3 is 5.97 Å². The van der Waals surface area contributed by atoms with Gasteiger partial charge in [-0.15, -0.1) is 0 Å². The zero-order chi connectivity index (χ0) is 23.0. The fraction of sp³-hybridized carbons (Fsp3) is 0.280. The van der Waals surface area contributed by atoms with E-state index in [2.05, 4.69) is 27.3 Å². The first kappa shape index (κ1) is 22.1. The van der Waals surface area contributed by atoms with E-state index in [1.807, 2.05) is 30.3 Å². The Morgan fingerprint density at radius 2 is 1.84 bits per heavy atom. The molecule has 0 bridgehead atoms. The SMILES string of the molecule is COC(=O)C1=C(C)NC2=CC(c3ccccc3)CC(=O)C2C1c1cc(Br)c(O)c(OC)c1.